The number of hydrogen-bond donors (Lipinski definition) is 1. The molecule has 0 aromatic carbocycles. The number of anilines is 1. The van der Waals surface area contributed by atoms with Gasteiger partial charge in [0.15, 0.2) is 0 Å². The molecule has 19 heavy (non-hydrogen) atoms. The fourth-order valence-electron chi connectivity index (χ4n) is 2.45. The SMILES string of the molecule is CC1(C)CCC(=O)N(CCCn2ccc(N)n2)CC1. The molecular formula is C14H24N4O. The van der Waals surface area contributed by atoms with E-state index in [4.69, 9.17) is 5.73 Å². The Kier molecular flexibility index (Phi) is 4.12. The number of aromatic nitrogens is 2. The molecule has 2 N–H and O–H groups in total. The molecule has 1 amide bonds. The molecule has 0 atom stereocenters. The van der Waals surface area contributed by atoms with Crippen LogP contribution >= 0.6 is 0 Å². The molecule has 1 fully saturated rings. The van der Waals surface area contributed by atoms with E-state index in [1.807, 2.05) is 15.8 Å². The van der Waals surface area contributed by atoms with Crippen LogP contribution in [0.5, 0.6) is 0 Å². The van der Waals surface area contributed by atoms with Gasteiger partial charge in [-0.25, -0.2) is 0 Å². The molecule has 0 radical (unpaired) electrons. The summed E-state index contributed by atoms with van der Waals surface area (Å²) in [4.78, 5) is 14.0. The van der Waals surface area contributed by atoms with E-state index in [9.17, 15) is 4.79 Å². The average molecular weight is 264 g/mol. The van der Waals surface area contributed by atoms with Crippen LogP contribution in [0.4, 0.5) is 5.82 Å². The number of nitrogen functional groups attached to an aromatic ring is 1. The lowest BCUT2D eigenvalue weighted by Crippen LogP contribution is -2.32. The normalized spacial score (nSPS) is 19.5. The van der Waals surface area contributed by atoms with Gasteiger partial charge < -0.3 is 10.6 Å². The van der Waals surface area contributed by atoms with E-state index in [0.29, 0.717) is 23.6 Å². The predicted octanol–water partition coefficient (Wildman–Crippen LogP) is 1.89. The Balaban J connectivity index is 1.80. The third-order valence-corrected chi connectivity index (χ3v) is 3.90. The van der Waals surface area contributed by atoms with Crippen molar-refractivity contribution in [2.75, 3.05) is 18.8 Å². The van der Waals surface area contributed by atoms with Crippen molar-refractivity contribution < 1.29 is 4.79 Å². The minimum absolute atomic E-state index is 0.293. The molecule has 1 saturated heterocycles. The lowest BCUT2D eigenvalue weighted by atomic mass is 9.85. The Labute approximate surface area is 114 Å². The Morgan fingerprint density at radius 2 is 2.16 bits per heavy atom. The number of carbonyl (C=O) groups is 1. The molecule has 5 heteroatoms. The second kappa shape index (κ2) is 5.63. The standard InChI is InChI=1S/C14H24N4O/c1-14(2)6-4-13(19)17(11-7-14)8-3-9-18-10-5-12(15)16-18/h5,10H,3-4,6-9,11H2,1-2H3,(H2,15,16). The summed E-state index contributed by atoms with van der Waals surface area (Å²) in [6, 6.07) is 1.79. The van der Waals surface area contributed by atoms with Crippen LogP contribution in [0, 0.1) is 5.41 Å². The van der Waals surface area contributed by atoms with Crippen LogP contribution in [0.2, 0.25) is 0 Å². The van der Waals surface area contributed by atoms with E-state index in [1.165, 1.54) is 0 Å². The maximum atomic E-state index is 12.0. The van der Waals surface area contributed by atoms with Gasteiger partial charge in [0.05, 0.1) is 0 Å². The van der Waals surface area contributed by atoms with Gasteiger partial charge in [-0.05, 0) is 30.7 Å². The molecule has 2 rings (SSSR count). The summed E-state index contributed by atoms with van der Waals surface area (Å²) in [7, 11) is 0. The smallest absolute Gasteiger partial charge is 0.222 e. The van der Waals surface area contributed by atoms with Crippen molar-refractivity contribution in [2.24, 2.45) is 5.41 Å². The molecule has 0 saturated carbocycles. The lowest BCUT2D eigenvalue weighted by molar-refractivity contribution is -0.130. The van der Waals surface area contributed by atoms with Gasteiger partial charge in [-0.3, -0.25) is 9.48 Å². The maximum Gasteiger partial charge on any atom is 0.222 e. The van der Waals surface area contributed by atoms with Crippen LogP contribution in [-0.2, 0) is 11.3 Å². The first-order valence-electron chi connectivity index (χ1n) is 7.03. The van der Waals surface area contributed by atoms with E-state index < -0.39 is 0 Å². The molecule has 1 aromatic heterocycles. The average Bonchev–Trinajstić information content (AvgIpc) is 2.71. The minimum Gasteiger partial charge on any atom is -0.382 e. The molecule has 5 nitrogen and oxygen atoms in total. The molecule has 106 valence electrons. The van der Waals surface area contributed by atoms with Crippen LogP contribution in [0.3, 0.4) is 0 Å². The van der Waals surface area contributed by atoms with Crippen molar-refractivity contribution in [3.63, 3.8) is 0 Å². The Bertz CT molecular complexity index is 438. The summed E-state index contributed by atoms with van der Waals surface area (Å²) >= 11 is 0. The zero-order chi connectivity index (χ0) is 13.9. The van der Waals surface area contributed by atoms with E-state index in [2.05, 4.69) is 18.9 Å². The molecule has 0 aliphatic carbocycles. The quantitative estimate of drug-likeness (QED) is 0.903. The molecule has 1 aliphatic heterocycles. The van der Waals surface area contributed by atoms with Crippen molar-refractivity contribution in [1.29, 1.82) is 0 Å². The topological polar surface area (TPSA) is 64.2 Å². The van der Waals surface area contributed by atoms with E-state index >= 15 is 0 Å². The second-order valence-corrected chi connectivity index (χ2v) is 6.15. The number of nitrogens with zero attached hydrogens (tertiary/aromatic N) is 3. The second-order valence-electron chi connectivity index (χ2n) is 6.15. The third-order valence-electron chi connectivity index (χ3n) is 3.90. The zero-order valence-electron chi connectivity index (χ0n) is 11.9. The molecule has 1 aromatic rings. The highest BCUT2D eigenvalue weighted by Crippen LogP contribution is 2.30. The summed E-state index contributed by atoms with van der Waals surface area (Å²) in [5.74, 6) is 0.846. The number of aryl methyl sites for hydroxylation is 1. The van der Waals surface area contributed by atoms with Crippen LogP contribution in [0.15, 0.2) is 12.3 Å². The van der Waals surface area contributed by atoms with Gasteiger partial charge in [0, 0.05) is 32.3 Å². The predicted molar refractivity (Wildman–Crippen MR) is 75.5 cm³/mol. The van der Waals surface area contributed by atoms with Crippen molar-refractivity contribution in [1.82, 2.24) is 14.7 Å². The first kappa shape index (κ1) is 13.9. The summed E-state index contributed by atoms with van der Waals surface area (Å²) in [6.45, 7) is 7.00. The highest BCUT2D eigenvalue weighted by atomic mass is 16.2. The molecular weight excluding hydrogens is 240 g/mol. The molecule has 2 heterocycles. The number of hydrogen-bond acceptors (Lipinski definition) is 3. The summed E-state index contributed by atoms with van der Waals surface area (Å²) in [5.41, 5.74) is 5.86. The van der Waals surface area contributed by atoms with Gasteiger partial charge in [-0.15, -0.1) is 0 Å². The van der Waals surface area contributed by atoms with Gasteiger partial charge in [0.2, 0.25) is 5.91 Å². The largest absolute Gasteiger partial charge is 0.382 e. The van der Waals surface area contributed by atoms with Crippen molar-refractivity contribution >= 4 is 11.7 Å². The van der Waals surface area contributed by atoms with E-state index in [-0.39, 0.29) is 0 Å². The lowest BCUT2D eigenvalue weighted by Gasteiger charge is -2.23. The van der Waals surface area contributed by atoms with Crippen LogP contribution in [-0.4, -0.2) is 33.7 Å². The molecule has 0 spiro atoms. The highest BCUT2D eigenvalue weighted by Gasteiger charge is 2.26. The number of nitrogens with two attached hydrogens (primary N) is 1. The fourth-order valence-corrected chi connectivity index (χ4v) is 2.45. The number of carbonyl (C=O) groups excluding carboxylic acids is 1. The van der Waals surface area contributed by atoms with Crippen molar-refractivity contribution in [3.8, 4) is 0 Å². The number of likely N-dealkylation sites (tertiary alicyclic amines) is 1. The summed E-state index contributed by atoms with van der Waals surface area (Å²) in [5, 5.41) is 4.14. The monoisotopic (exact) mass is 264 g/mol. The fraction of sp³-hybridized carbons (Fsp3) is 0.714. The van der Waals surface area contributed by atoms with Crippen molar-refractivity contribution in [3.05, 3.63) is 12.3 Å². The van der Waals surface area contributed by atoms with E-state index in [1.54, 1.807) is 6.07 Å². The van der Waals surface area contributed by atoms with Gasteiger partial charge in [-0.1, -0.05) is 13.8 Å². The maximum absolute atomic E-state index is 12.0. The summed E-state index contributed by atoms with van der Waals surface area (Å²) in [6.07, 6.45) is 5.57. The highest BCUT2D eigenvalue weighted by molar-refractivity contribution is 5.76. The van der Waals surface area contributed by atoms with Gasteiger partial charge in [-0.2, -0.15) is 5.10 Å². The van der Waals surface area contributed by atoms with Crippen LogP contribution < -0.4 is 5.73 Å². The van der Waals surface area contributed by atoms with Crippen LogP contribution in [0.25, 0.3) is 0 Å². The first-order valence-corrected chi connectivity index (χ1v) is 7.03. The first-order chi connectivity index (χ1) is 8.96. The van der Waals surface area contributed by atoms with E-state index in [0.717, 1.165) is 38.9 Å². The zero-order valence-corrected chi connectivity index (χ0v) is 11.9. The molecule has 0 unspecified atom stereocenters. The van der Waals surface area contributed by atoms with Gasteiger partial charge in [0.1, 0.15) is 5.82 Å². The number of rotatable bonds is 4. The van der Waals surface area contributed by atoms with Gasteiger partial charge >= 0.3 is 0 Å². The summed E-state index contributed by atoms with van der Waals surface area (Å²) < 4.78 is 1.83. The Morgan fingerprint density at radius 1 is 1.37 bits per heavy atom. The van der Waals surface area contributed by atoms with Crippen LogP contribution in [0.1, 0.15) is 39.5 Å². The van der Waals surface area contributed by atoms with Crippen molar-refractivity contribution in [2.45, 2.75) is 46.1 Å². The van der Waals surface area contributed by atoms with Gasteiger partial charge in [0.25, 0.3) is 0 Å². The Hall–Kier alpha value is -1.52. The molecule has 0 bridgehead atoms. The minimum atomic E-state index is 0.293. The molecule has 1 aliphatic rings. The Morgan fingerprint density at radius 3 is 2.84 bits per heavy atom. The number of amides is 1. The third kappa shape index (κ3) is 3.98.